The third-order valence-electron chi connectivity index (χ3n) is 3.88. The lowest BCUT2D eigenvalue weighted by Gasteiger charge is -2.09. The Morgan fingerprint density at radius 3 is 2.76 bits per heavy atom. The molecule has 0 fully saturated rings. The van der Waals surface area contributed by atoms with E-state index in [0.29, 0.717) is 11.4 Å². The molecule has 2 heterocycles. The second-order valence-corrected chi connectivity index (χ2v) is 5.60. The number of rotatable bonds is 3. The molecule has 25 heavy (non-hydrogen) atoms. The van der Waals surface area contributed by atoms with Crippen LogP contribution >= 0.6 is 0 Å². The number of tetrazole rings is 1. The van der Waals surface area contributed by atoms with Crippen LogP contribution in [0.15, 0.2) is 60.9 Å². The summed E-state index contributed by atoms with van der Waals surface area (Å²) in [5.74, 6) is -0.250. The second-order valence-electron chi connectivity index (χ2n) is 5.60. The van der Waals surface area contributed by atoms with Gasteiger partial charge in [0.1, 0.15) is 12.0 Å². The summed E-state index contributed by atoms with van der Waals surface area (Å²) in [5.41, 5.74) is 3.65. The average molecular weight is 330 g/mol. The van der Waals surface area contributed by atoms with Crippen LogP contribution in [0, 0.1) is 6.92 Å². The Morgan fingerprint density at radius 2 is 1.96 bits per heavy atom. The topological polar surface area (TPSA) is 85.6 Å². The molecule has 1 N–H and O–H groups in total. The van der Waals surface area contributed by atoms with Gasteiger partial charge in [0.15, 0.2) is 0 Å². The Balaban J connectivity index is 1.58. The average Bonchev–Trinajstić information content (AvgIpc) is 3.15. The minimum absolute atomic E-state index is 0.250. The van der Waals surface area contributed by atoms with Crippen LogP contribution < -0.4 is 5.32 Å². The summed E-state index contributed by atoms with van der Waals surface area (Å²) in [6, 6.07) is 16.8. The molecule has 4 aromatic rings. The number of amides is 1. The maximum absolute atomic E-state index is 12.5. The van der Waals surface area contributed by atoms with Crippen LogP contribution in [0.25, 0.3) is 16.6 Å². The molecule has 1 amide bonds. The molecule has 2 aromatic heterocycles. The van der Waals surface area contributed by atoms with Crippen LogP contribution in [0.2, 0.25) is 0 Å². The number of benzene rings is 2. The van der Waals surface area contributed by atoms with Gasteiger partial charge in [-0.2, -0.15) is 0 Å². The number of carbonyl (C=O) groups is 1. The third-order valence-corrected chi connectivity index (χ3v) is 3.88. The zero-order valence-corrected chi connectivity index (χ0v) is 13.4. The summed E-state index contributed by atoms with van der Waals surface area (Å²) in [6.07, 6.45) is 1.53. The number of fused-ring (bicyclic) bond motifs is 1. The van der Waals surface area contributed by atoms with Gasteiger partial charge in [0.2, 0.25) is 0 Å². The van der Waals surface area contributed by atoms with E-state index in [-0.39, 0.29) is 5.91 Å². The molecule has 0 aliphatic rings. The van der Waals surface area contributed by atoms with Gasteiger partial charge >= 0.3 is 0 Å². The summed E-state index contributed by atoms with van der Waals surface area (Å²) in [6.45, 7) is 1.93. The van der Waals surface area contributed by atoms with E-state index < -0.39 is 0 Å². The molecule has 0 saturated heterocycles. The molecule has 7 heteroatoms. The largest absolute Gasteiger partial charge is 0.321 e. The molecular formula is C18H14N6O. The molecule has 0 aliphatic heterocycles. The highest BCUT2D eigenvalue weighted by Crippen LogP contribution is 2.19. The van der Waals surface area contributed by atoms with Crippen molar-refractivity contribution >= 4 is 22.5 Å². The van der Waals surface area contributed by atoms with Gasteiger partial charge in [0, 0.05) is 11.1 Å². The lowest BCUT2D eigenvalue weighted by Crippen LogP contribution is -2.14. The van der Waals surface area contributed by atoms with Gasteiger partial charge in [-0.05, 0) is 53.2 Å². The normalized spacial score (nSPS) is 10.8. The third kappa shape index (κ3) is 2.94. The van der Waals surface area contributed by atoms with Crippen molar-refractivity contribution in [3.8, 4) is 5.69 Å². The molecule has 0 radical (unpaired) electrons. The lowest BCUT2D eigenvalue weighted by molar-refractivity contribution is 0.102. The number of hydrogen-bond donors (Lipinski definition) is 1. The van der Waals surface area contributed by atoms with Crippen molar-refractivity contribution in [1.82, 2.24) is 25.2 Å². The monoisotopic (exact) mass is 330 g/mol. The first-order valence-corrected chi connectivity index (χ1v) is 7.72. The molecule has 122 valence electrons. The van der Waals surface area contributed by atoms with Crippen molar-refractivity contribution in [3.63, 3.8) is 0 Å². The Morgan fingerprint density at radius 1 is 1.08 bits per heavy atom. The fourth-order valence-electron chi connectivity index (χ4n) is 2.65. The number of nitrogens with zero attached hydrogens (tertiary/aromatic N) is 5. The zero-order valence-electron chi connectivity index (χ0n) is 13.4. The van der Waals surface area contributed by atoms with Gasteiger partial charge in [-0.25, -0.2) is 9.67 Å². The van der Waals surface area contributed by atoms with E-state index in [1.54, 1.807) is 10.7 Å². The van der Waals surface area contributed by atoms with Crippen LogP contribution in [0.1, 0.15) is 16.1 Å². The quantitative estimate of drug-likeness (QED) is 0.624. The first kappa shape index (κ1) is 14.9. The molecule has 7 nitrogen and oxygen atoms in total. The zero-order chi connectivity index (χ0) is 17.2. The fraction of sp³-hybridized carbons (Fsp3) is 0.0556. The van der Waals surface area contributed by atoms with Crippen LogP contribution in [0.4, 0.5) is 5.69 Å². The van der Waals surface area contributed by atoms with Gasteiger partial charge in [-0.15, -0.1) is 5.10 Å². The number of pyridine rings is 1. The van der Waals surface area contributed by atoms with Crippen LogP contribution in [-0.2, 0) is 0 Å². The Hall–Kier alpha value is -3.61. The van der Waals surface area contributed by atoms with Crippen LogP contribution in [0.5, 0.6) is 0 Å². The van der Waals surface area contributed by atoms with E-state index in [9.17, 15) is 4.79 Å². The Kier molecular flexibility index (Phi) is 3.66. The number of aryl methyl sites for hydroxylation is 1. The summed E-state index contributed by atoms with van der Waals surface area (Å²) < 4.78 is 1.58. The van der Waals surface area contributed by atoms with E-state index in [1.807, 2.05) is 55.5 Å². The molecule has 0 atom stereocenters. The summed E-state index contributed by atoms with van der Waals surface area (Å²) >= 11 is 0. The highest BCUT2D eigenvalue weighted by molar-refractivity contribution is 6.04. The molecule has 0 spiro atoms. The summed E-state index contributed by atoms with van der Waals surface area (Å²) in [7, 11) is 0. The van der Waals surface area contributed by atoms with Gasteiger partial charge in [0.05, 0.1) is 11.2 Å². The second kappa shape index (κ2) is 6.12. The predicted molar refractivity (Wildman–Crippen MR) is 93.6 cm³/mol. The Bertz CT molecular complexity index is 1060. The minimum Gasteiger partial charge on any atom is -0.321 e. The van der Waals surface area contributed by atoms with Gasteiger partial charge in [-0.1, -0.05) is 24.3 Å². The first-order valence-electron chi connectivity index (χ1n) is 7.72. The van der Waals surface area contributed by atoms with Gasteiger partial charge in [0.25, 0.3) is 5.91 Å². The van der Waals surface area contributed by atoms with Crippen molar-refractivity contribution in [1.29, 1.82) is 0 Å². The van der Waals surface area contributed by atoms with E-state index in [0.717, 1.165) is 22.2 Å². The van der Waals surface area contributed by atoms with Crippen molar-refractivity contribution in [2.45, 2.75) is 6.92 Å². The number of hydrogen-bond acceptors (Lipinski definition) is 5. The smallest absolute Gasteiger partial charge is 0.274 e. The van der Waals surface area contributed by atoms with E-state index in [2.05, 4.69) is 25.8 Å². The first-order chi connectivity index (χ1) is 12.2. The molecule has 0 unspecified atom stereocenters. The van der Waals surface area contributed by atoms with Crippen molar-refractivity contribution < 1.29 is 4.79 Å². The fourth-order valence-corrected chi connectivity index (χ4v) is 2.65. The molecule has 2 aromatic carbocycles. The molecule has 4 rings (SSSR count). The maximum Gasteiger partial charge on any atom is 0.274 e. The van der Waals surface area contributed by atoms with Gasteiger partial charge in [-0.3, -0.25) is 4.79 Å². The standard InChI is InChI=1S/C18H14N6O/c1-12-10-14(7-9-17(12)24-11-19-22-23-24)20-18(25)16-8-6-13-4-2-3-5-15(13)21-16/h2-11H,1H3,(H,20,25). The Labute approximate surface area is 143 Å². The van der Waals surface area contributed by atoms with Crippen LogP contribution in [0.3, 0.4) is 0 Å². The number of carbonyl (C=O) groups excluding carboxylic acids is 1. The summed E-state index contributed by atoms with van der Waals surface area (Å²) in [5, 5.41) is 15.0. The number of nitrogens with one attached hydrogen (secondary N) is 1. The number of anilines is 1. The molecule has 0 saturated carbocycles. The van der Waals surface area contributed by atoms with Crippen molar-refractivity contribution in [3.05, 3.63) is 72.2 Å². The van der Waals surface area contributed by atoms with Gasteiger partial charge < -0.3 is 5.32 Å². The van der Waals surface area contributed by atoms with E-state index in [1.165, 1.54) is 6.33 Å². The lowest BCUT2D eigenvalue weighted by atomic mass is 10.1. The SMILES string of the molecule is Cc1cc(NC(=O)c2ccc3ccccc3n2)ccc1-n1cnnn1. The van der Waals surface area contributed by atoms with E-state index in [4.69, 9.17) is 0 Å². The molecule has 0 bridgehead atoms. The predicted octanol–water partition coefficient (Wildman–Crippen LogP) is 2.77. The summed E-state index contributed by atoms with van der Waals surface area (Å²) in [4.78, 5) is 16.9. The van der Waals surface area contributed by atoms with Crippen molar-refractivity contribution in [2.75, 3.05) is 5.32 Å². The highest BCUT2D eigenvalue weighted by atomic mass is 16.1. The van der Waals surface area contributed by atoms with Crippen molar-refractivity contribution in [2.24, 2.45) is 0 Å². The molecular weight excluding hydrogens is 316 g/mol. The van der Waals surface area contributed by atoms with Crippen LogP contribution in [-0.4, -0.2) is 31.1 Å². The number of aromatic nitrogens is 5. The molecule has 0 aliphatic carbocycles. The highest BCUT2D eigenvalue weighted by Gasteiger charge is 2.10. The minimum atomic E-state index is -0.250. The number of para-hydroxylation sites is 1. The maximum atomic E-state index is 12.5. The van der Waals surface area contributed by atoms with E-state index >= 15 is 0 Å².